The molecule has 1 amide bonds. The van der Waals surface area contributed by atoms with E-state index in [1.807, 2.05) is 6.92 Å². The molecule has 0 unspecified atom stereocenters. The fraction of sp³-hybridized carbons (Fsp3) is 0.217. The number of alkyl halides is 3. The van der Waals surface area contributed by atoms with Crippen LogP contribution in [0.25, 0.3) is 16.3 Å². The summed E-state index contributed by atoms with van der Waals surface area (Å²) in [6.07, 6.45) is -1.51. The van der Waals surface area contributed by atoms with Crippen molar-refractivity contribution in [3.05, 3.63) is 87.1 Å². The van der Waals surface area contributed by atoms with Gasteiger partial charge in [-0.3, -0.25) is 9.59 Å². The van der Waals surface area contributed by atoms with Crippen LogP contribution in [0.15, 0.2) is 53.0 Å². The molecule has 4 heterocycles. The van der Waals surface area contributed by atoms with Crippen LogP contribution in [0.4, 0.5) is 17.6 Å². The van der Waals surface area contributed by atoms with Gasteiger partial charge in [0.1, 0.15) is 22.2 Å². The molecule has 4 aromatic rings. The van der Waals surface area contributed by atoms with Gasteiger partial charge < -0.3 is 14.0 Å². The van der Waals surface area contributed by atoms with Crippen LogP contribution >= 0.6 is 11.3 Å². The molecule has 0 radical (unpaired) electrons. The quantitative estimate of drug-likeness (QED) is 0.390. The molecule has 0 saturated carbocycles. The third-order valence-electron chi connectivity index (χ3n) is 5.67. The van der Waals surface area contributed by atoms with E-state index in [2.05, 4.69) is 9.97 Å². The van der Waals surface area contributed by atoms with Gasteiger partial charge in [-0.05, 0) is 31.2 Å². The minimum atomic E-state index is -4.78. The zero-order chi connectivity index (χ0) is 24.9. The minimum Gasteiger partial charge on any atom is -0.330 e. The lowest BCUT2D eigenvalue weighted by Gasteiger charge is -2.29. The summed E-state index contributed by atoms with van der Waals surface area (Å²) in [5.74, 6) is -1.71. The maximum Gasteiger partial charge on any atom is 0.419 e. The Morgan fingerprint density at radius 1 is 1.11 bits per heavy atom. The van der Waals surface area contributed by atoms with Crippen molar-refractivity contribution in [2.24, 2.45) is 0 Å². The van der Waals surface area contributed by atoms with Crippen molar-refractivity contribution in [2.75, 3.05) is 6.54 Å². The lowest BCUT2D eigenvalue weighted by atomic mass is 10.1. The zero-order valence-corrected chi connectivity index (χ0v) is 19.0. The van der Waals surface area contributed by atoms with E-state index < -0.39 is 17.6 Å². The number of carbonyl (C=O) groups is 1. The second-order valence-corrected chi connectivity index (χ2v) is 8.90. The van der Waals surface area contributed by atoms with Crippen LogP contribution in [0, 0.1) is 12.7 Å². The largest absolute Gasteiger partial charge is 0.419 e. The Bertz CT molecular complexity index is 1500. The first-order chi connectivity index (χ1) is 16.6. The maximum absolute atomic E-state index is 13.9. The molecule has 180 valence electrons. The summed E-state index contributed by atoms with van der Waals surface area (Å²) < 4.78 is 55.4. The number of thiazole rings is 1. The summed E-state index contributed by atoms with van der Waals surface area (Å²) in [7, 11) is 0. The highest BCUT2D eigenvalue weighted by molar-refractivity contribution is 7.13. The number of nitrogens with zero attached hydrogens (tertiary/aromatic N) is 5. The van der Waals surface area contributed by atoms with Gasteiger partial charge in [0.2, 0.25) is 0 Å². The van der Waals surface area contributed by atoms with Crippen molar-refractivity contribution in [3.8, 4) is 16.3 Å². The average Bonchev–Trinajstić information content (AvgIpc) is 3.44. The Morgan fingerprint density at radius 2 is 1.91 bits per heavy atom. The van der Waals surface area contributed by atoms with Crippen molar-refractivity contribution < 1.29 is 22.4 Å². The number of halogens is 4. The van der Waals surface area contributed by atoms with Crippen LogP contribution in [0.2, 0.25) is 0 Å². The van der Waals surface area contributed by atoms with Gasteiger partial charge in [0.25, 0.3) is 11.5 Å². The van der Waals surface area contributed by atoms with Gasteiger partial charge >= 0.3 is 6.18 Å². The summed E-state index contributed by atoms with van der Waals surface area (Å²) in [5, 5.41) is 2.01. The number of benzene rings is 1. The normalized spacial score (nSPS) is 13.9. The number of aromatic nitrogens is 4. The number of hydrogen-bond donors (Lipinski definition) is 0. The number of imidazole rings is 1. The molecule has 0 atom stereocenters. The highest BCUT2D eigenvalue weighted by Crippen LogP contribution is 2.34. The third kappa shape index (κ3) is 4.25. The SMILES string of the molecule is Cc1cn(-c2ccc3n(c2=O)CCN(Cc2csc(-c4ccc(C(F)(F)F)c(F)c4)n2)C3=O)cn1. The van der Waals surface area contributed by atoms with E-state index in [1.165, 1.54) is 10.6 Å². The van der Waals surface area contributed by atoms with Gasteiger partial charge in [-0.25, -0.2) is 14.4 Å². The molecule has 0 bridgehead atoms. The average molecular weight is 503 g/mol. The predicted molar refractivity (Wildman–Crippen MR) is 120 cm³/mol. The first kappa shape index (κ1) is 23.0. The molecular weight excluding hydrogens is 486 g/mol. The summed E-state index contributed by atoms with van der Waals surface area (Å²) >= 11 is 1.14. The van der Waals surface area contributed by atoms with Gasteiger partial charge in [0.05, 0.1) is 29.8 Å². The maximum atomic E-state index is 13.9. The van der Waals surface area contributed by atoms with E-state index in [0.717, 1.165) is 23.1 Å². The molecule has 1 aliphatic heterocycles. The van der Waals surface area contributed by atoms with Crippen LogP contribution in [0.1, 0.15) is 27.4 Å². The Morgan fingerprint density at radius 3 is 2.60 bits per heavy atom. The first-order valence-corrected chi connectivity index (χ1v) is 11.4. The predicted octanol–water partition coefficient (Wildman–Crippen LogP) is 4.28. The van der Waals surface area contributed by atoms with E-state index in [9.17, 15) is 27.2 Å². The topological polar surface area (TPSA) is 73.0 Å². The molecular formula is C23H17F4N5O2S. The molecule has 0 fully saturated rings. The highest BCUT2D eigenvalue weighted by Gasteiger charge is 2.34. The van der Waals surface area contributed by atoms with Crippen molar-refractivity contribution >= 4 is 17.2 Å². The Labute approximate surface area is 199 Å². The lowest BCUT2D eigenvalue weighted by Crippen LogP contribution is -2.44. The highest BCUT2D eigenvalue weighted by atomic mass is 32.1. The van der Waals surface area contributed by atoms with Crippen molar-refractivity contribution in [3.63, 3.8) is 0 Å². The van der Waals surface area contributed by atoms with Crippen LogP contribution in [-0.4, -0.2) is 36.5 Å². The van der Waals surface area contributed by atoms with Crippen molar-refractivity contribution in [1.29, 1.82) is 0 Å². The van der Waals surface area contributed by atoms with Gasteiger partial charge in [0.15, 0.2) is 0 Å². The molecule has 1 aliphatic rings. The summed E-state index contributed by atoms with van der Waals surface area (Å²) in [4.78, 5) is 36.0. The molecule has 3 aromatic heterocycles. The molecule has 7 nitrogen and oxygen atoms in total. The number of rotatable bonds is 4. The second kappa shape index (κ2) is 8.45. The fourth-order valence-corrected chi connectivity index (χ4v) is 4.75. The van der Waals surface area contributed by atoms with Crippen LogP contribution in [0.5, 0.6) is 0 Å². The molecule has 0 saturated heterocycles. The molecule has 5 rings (SSSR count). The van der Waals surface area contributed by atoms with E-state index in [0.29, 0.717) is 29.0 Å². The van der Waals surface area contributed by atoms with Crippen LogP contribution in [-0.2, 0) is 19.3 Å². The molecule has 12 heteroatoms. The standard InChI is InChI=1S/C23H17F4N5O2S/c1-13-9-31(12-28-13)18-4-5-19-21(33)30(6-7-32(19)22(18)34)10-15-11-35-20(29-15)14-2-3-16(17(24)8-14)23(25,26)27/h2-5,8-9,11-12H,6-7,10H2,1H3. The molecule has 1 aromatic carbocycles. The van der Waals surface area contributed by atoms with Gasteiger partial charge in [0, 0.05) is 30.2 Å². The molecule has 0 aliphatic carbocycles. The second-order valence-electron chi connectivity index (χ2n) is 8.05. The number of hydrogen-bond acceptors (Lipinski definition) is 5. The molecule has 35 heavy (non-hydrogen) atoms. The summed E-state index contributed by atoms with van der Waals surface area (Å²) in [5.41, 5.74) is 0.503. The molecule has 0 N–H and O–H groups in total. The fourth-order valence-electron chi connectivity index (χ4n) is 3.95. The lowest BCUT2D eigenvalue weighted by molar-refractivity contribution is -0.139. The number of aryl methyl sites for hydroxylation is 1. The molecule has 0 spiro atoms. The van der Waals surface area contributed by atoms with Gasteiger partial charge in [-0.1, -0.05) is 6.07 Å². The van der Waals surface area contributed by atoms with E-state index in [-0.39, 0.29) is 35.8 Å². The number of carbonyl (C=O) groups excluding carboxylic acids is 1. The van der Waals surface area contributed by atoms with Crippen molar-refractivity contribution in [2.45, 2.75) is 26.2 Å². The first-order valence-electron chi connectivity index (χ1n) is 10.5. The Hall–Kier alpha value is -3.80. The summed E-state index contributed by atoms with van der Waals surface area (Å²) in [6.45, 7) is 2.53. The Balaban J connectivity index is 1.35. The van der Waals surface area contributed by atoms with Crippen LogP contribution < -0.4 is 5.56 Å². The number of amides is 1. The number of fused-ring (bicyclic) bond motifs is 1. The van der Waals surface area contributed by atoms with E-state index >= 15 is 0 Å². The third-order valence-corrected chi connectivity index (χ3v) is 6.61. The number of pyridine rings is 1. The zero-order valence-electron chi connectivity index (χ0n) is 18.2. The van der Waals surface area contributed by atoms with Crippen LogP contribution in [0.3, 0.4) is 0 Å². The smallest absolute Gasteiger partial charge is 0.330 e. The van der Waals surface area contributed by atoms with Crippen molar-refractivity contribution in [1.82, 2.24) is 24.0 Å². The van der Waals surface area contributed by atoms with E-state index in [1.54, 1.807) is 39.5 Å². The van der Waals surface area contributed by atoms with E-state index in [4.69, 9.17) is 0 Å². The van der Waals surface area contributed by atoms with Gasteiger partial charge in [-0.15, -0.1) is 11.3 Å². The summed E-state index contributed by atoms with van der Waals surface area (Å²) in [6, 6.07) is 5.84. The Kier molecular flexibility index (Phi) is 5.55. The monoisotopic (exact) mass is 503 g/mol. The van der Waals surface area contributed by atoms with Gasteiger partial charge in [-0.2, -0.15) is 13.2 Å². The minimum absolute atomic E-state index is 0.148.